The average molecular weight is 165 g/mol. The van der Waals surface area contributed by atoms with Gasteiger partial charge < -0.3 is 10.2 Å². The molecule has 2 N–H and O–H groups in total. The monoisotopic (exact) mass is 165 g/mol. The van der Waals surface area contributed by atoms with E-state index < -0.39 is 0 Å². The summed E-state index contributed by atoms with van der Waals surface area (Å²) in [5.74, 6) is 1.84. The number of furan rings is 1. The average Bonchev–Trinajstić information content (AvgIpc) is 2.72. The third-order valence-corrected chi connectivity index (χ3v) is 2.46. The van der Waals surface area contributed by atoms with Crippen LogP contribution in [0.4, 0.5) is 0 Å². The lowest BCUT2D eigenvalue weighted by Gasteiger charge is -2.06. The molecule has 1 atom stereocenters. The molecular formula is C10H15NO. The number of aryl methyl sites for hydroxylation is 1. The van der Waals surface area contributed by atoms with E-state index >= 15 is 0 Å². The van der Waals surface area contributed by atoms with Crippen LogP contribution in [0.15, 0.2) is 16.7 Å². The van der Waals surface area contributed by atoms with Crippen molar-refractivity contribution in [1.29, 1.82) is 0 Å². The first-order valence-corrected chi connectivity index (χ1v) is 4.56. The maximum Gasteiger partial charge on any atom is 0.101 e. The van der Waals surface area contributed by atoms with Crippen molar-refractivity contribution in [1.82, 2.24) is 0 Å². The Labute approximate surface area is 72.7 Å². The first-order valence-electron chi connectivity index (χ1n) is 4.56. The van der Waals surface area contributed by atoms with Gasteiger partial charge in [-0.15, -0.1) is 0 Å². The normalized spacial score (nSPS) is 19.5. The van der Waals surface area contributed by atoms with Gasteiger partial charge in [0.1, 0.15) is 5.76 Å². The van der Waals surface area contributed by atoms with E-state index in [1.807, 2.05) is 13.0 Å². The zero-order chi connectivity index (χ0) is 8.55. The van der Waals surface area contributed by atoms with Crippen LogP contribution in [-0.4, -0.2) is 0 Å². The van der Waals surface area contributed by atoms with Crippen LogP contribution >= 0.6 is 0 Å². The quantitative estimate of drug-likeness (QED) is 0.746. The van der Waals surface area contributed by atoms with Crippen molar-refractivity contribution in [2.45, 2.75) is 32.2 Å². The summed E-state index contributed by atoms with van der Waals surface area (Å²) in [5, 5.41) is 0. The summed E-state index contributed by atoms with van der Waals surface area (Å²) in [6.45, 7) is 1.95. The Bertz CT molecular complexity index is 263. The van der Waals surface area contributed by atoms with Gasteiger partial charge in [0.25, 0.3) is 0 Å². The van der Waals surface area contributed by atoms with Crippen molar-refractivity contribution in [3.05, 3.63) is 23.7 Å². The molecule has 0 spiro atoms. The molecule has 1 aliphatic rings. The molecule has 1 aliphatic carbocycles. The number of rotatable bonds is 3. The predicted molar refractivity (Wildman–Crippen MR) is 47.7 cm³/mol. The summed E-state index contributed by atoms with van der Waals surface area (Å²) < 4.78 is 5.21. The van der Waals surface area contributed by atoms with Crippen LogP contribution in [0, 0.1) is 12.8 Å². The van der Waals surface area contributed by atoms with Crippen LogP contribution in [0.5, 0.6) is 0 Å². The molecule has 0 bridgehead atoms. The fraction of sp³-hybridized carbons (Fsp3) is 0.600. The van der Waals surface area contributed by atoms with Gasteiger partial charge in [-0.2, -0.15) is 0 Å². The lowest BCUT2D eigenvalue weighted by Crippen LogP contribution is -2.09. The molecule has 2 heteroatoms. The van der Waals surface area contributed by atoms with Gasteiger partial charge in [-0.25, -0.2) is 0 Å². The van der Waals surface area contributed by atoms with Crippen LogP contribution in [0.25, 0.3) is 0 Å². The van der Waals surface area contributed by atoms with E-state index in [1.165, 1.54) is 12.8 Å². The standard InChI is InChI=1S/C10H15NO/c1-7-4-9(6-12-7)10(11)5-8-2-3-8/h4,6,8,10H,2-3,5,11H2,1H3. The molecule has 2 rings (SSSR count). The van der Waals surface area contributed by atoms with Gasteiger partial charge in [-0.1, -0.05) is 12.8 Å². The largest absolute Gasteiger partial charge is 0.469 e. The van der Waals surface area contributed by atoms with E-state index in [0.29, 0.717) is 0 Å². The molecule has 0 aliphatic heterocycles. The molecule has 1 aromatic heterocycles. The first-order chi connectivity index (χ1) is 5.75. The third kappa shape index (κ3) is 1.69. The van der Waals surface area contributed by atoms with Gasteiger partial charge in [0.05, 0.1) is 6.26 Å². The second kappa shape index (κ2) is 2.94. The lowest BCUT2D eigenvalue weighted by atomic mass is 10.1. The predicted octanol–water partition coefficient (Wildman–Crippen LogP) is 2.39. The Morgan fingerprint density at radius 1 is 1.67 bits per heavy atom. The molecule has 0 amide bonds. The Hall–Kier alpha value is -0.760. The summed E-state index contributed by atoms with van der Waals surface area (Å²) in [4.78, 5) is 0. The summed E-state index contributed by atoms with van der Waals surface area (Å²) in [7, 11) is 0. The van der Waals surface area contributed by atoms with Crippen molar-refractivity contribution < 1.29 is 4.42 Å². The minimum atomic E-state index is 0.190. The van der Waals surface area contributed by atoms with Gasteiger partial charge in [0.2, 0.25) is 0 Å². The van der Waals surface area contributed by atoms with E-state index in [0.717, 1.165) is 23.7 Å². The lowest BCUT2D eigenvalue weighted by molar-refractivity contribution is 0.523. The fourth-order valence-corrected chi connectivity index (χ4v) is 1.51. The van der Waals surface area contributed by atoms with Crippen LogP contribution in [-0.2, 0) is 0 Å². The molecular weight excluding hydrogens is 150 g/mol. The van der Waals surface area contributed by atoms with E-state index in [1.54, 1.807) is 6.26 Å². The third-order valence-electron chi connectivity index (χ3n) is 2.46. The van der Waals surface area contributed by atoms with Crippen molar-refractivity contribution in [2.75, 3.05) is 0 Å². The summed E-state index contributed by atoms with van der Waals surface area (Å²) >= 11 is 0. The highest BCUT2D eigenvalue weighted by atomic mass is 16.3. The fourth-order valence-electron chi connectivity index (χ4n) is 1.51. The smallest absolute Gasteiger partial charge is 0.101 e. The minimum Gasteiger partial charge on any atom is -0.469 e. The van der Waals surface area contributed by atoms with Crippen molar-refractivity contribution in [3.63, 3.8) is 0 Å². The highest BCUT2D eigenvalue weighted by Gasteiger charge is 2.24. The number of hydrogen-bond acceptors (Lipinski definition) is 2. The van der Waals surface area contributed by atoms with Crippen molar-refractivity contribution in [3.8, 4) is 0 Å². The SMILES string of the molecule is Cc1cc(C(N)CC2CC2)co1. The highest BCUT2D eigenvalue weighted by molar-refractivity contribution is 5.16. The van der Waals surface area contributed by atoms with E-state index in [9.17, 15) is 0 Å². The van der Waals surface area contributed by atoms with E-state index in [2.05, 4.69) is 0 Å². The molecule has 1 unspecified atom stereocenters. The Balaban J connectivity index is 1.97. The van der Waals surface area contributed by atoms with E-state index in [-0.39, 0.29) is 6.04 Å². The summed E-state index contributed by atoms with van der Waals surface area (Å²) in [6.07, 6.45) is 5.64. The molecule has 0 saturated heterocycles. The molecule has 12 heavy (non-hydrogen) atoms. The van der Waals surface area contributed by atoms with Crippen molar-refractivity contribution in [2.24, 2.45) is 11.7 Å². The number of hydrogen-bond donors (Lipinski definition) is 1. The van der Waals surface area contributed by atoms with Crippen molar-refractivity contribution >= 4 is 0 Å². The van der Waals surface area contributed by atoms with Gasteiger partial charge in [0.15, 0.2) is 0 Å². The molecule has 1 fully saturated rings. The zero-order valence-corrected chi connectivity index (χ0v) is 7.42. The molecule has 1 heterocycles. The maximum absolute atomic E-state index is 5.99. The molecule has 0 aromatic carbocycles. The molecule has 0 radical (unpaired) electrons. The minimum absolute atomic E-state index is 0.190. The van der Waals surface area contributed by atoms with E-state index in [4.69, 9.17) is 10.2 Å². The molecule has 1 saturated carbocycles. The van der Waals surface area contributed by atoms with Gasteiger partial charge in [0, 0.05) is 11.6 Å². The first kappa shape index (κ1) is 7.87. The van der Waals surface area contributed by atoms with Crippen LogP contribution in [0.3, 0.4) is 0 Å². The van der Waals surface area contributed by atoms with Crippen LogP contribution in [0.2, 0.25) is 0 Å². The second-order valence-corrected chi connectivity index (χ2v) is 3.78. The Morgan fingerprint density at radius 2 is 2.42 bits per heavy atom. The number of nitrogens with two attached hydrogens (primary N) is 1. The van der Waals surface area contributed by atoms with Gasteiger partial charge in [-0.3, -0.25) is 0 Å². The molecule has 2 nitrogen and oxygen atoms in total. The van der Waals surface area contributed by atoms with Gasteiger partial charge in [-0.05, 0) is 25.3 Å². The summed E-state index contributed by atoms with van der Waals surface area (Å²) in [5.41, 5.74) is 7.14. The Morgan fingerprint density at radius 3 is 2.92 bits per heavy atom. The van der Waals surface area contributed by atoms with Crippen LogP contribution in [0.1, 0.15) is 36.6 Å². The topological polar surface area (TPSA) is 39.2 Å². The highest BCUT2D eigenvalue weighted by Crippen LogP contribution is 2.36. The maximum atomic E-state index is 5.99. The zero-order valence-electron chi connectivity index (χ0n) is 7.42. The Kier molecular flexibility index (Phi) is 1.93. The van der Waals surface area contributed by atoms with Gasteiger partial charge >= 0.3 is 0 Å². The van der Waals surface area contributed by atoms with Crippen LogP contribution < -0.4 is 5.73 Å². The second-order valence-electron chi connectivity index (χ2n) is 3.78. The molecule has 66 valence electrons. The summed E-state index contributed by atoms with van der Waals surface area (Å²) in [6, 6.07) is 2.22. The molecule has 1 aromatic rings.